The van der Waals surface area contributed by atoms with Crippen LogP contribution in [0.3, 0.4) is 0 Å². The highest BCUT2D eigenvalue weighted by Gasteiger charge is 2.28. The SMILES string of the molecule is Cl.NCC(C(=O)NC1CCCS(=O)(=O)C1)c1ccccc1. The molecule has 2 rings (SSSR count). The maximum absolute atomic E-state index is 12.3. The van der Waals surface area contributed by atoms with Gasteiger partial charge in [0.05, 0.1) is 17.4 Å². The largest absolute Gasteiger partial charge is 0.352 e. The van der Waals surface area contributed by atoms with Crippen LogP contribution < -0.4 is 11.1 Å². The van der Waals surface area contributed by atoms with Gasteiger partial charge in [0.15, 0.2) is 9.84 Å². The van der Waals surface area contributed by atoms with E-state index in [0.29, 0.717) is 12.8 Å². The third-order valence-corrected chi connectivity index (χ3v) is 5.38. The van der Waals surface area contributed by atoms with E-state index in [9.17, 15) is 13.2 Å². The van der Waals surface area contributed by atoms with Crippen molar-refractivity contribution >= 4 is 28.2 Å². The minimum absolute atomic E-state index is 0. The lowest BCUT2D eigenvalue weighted by molar-refractivity contribution is -0.123. The lowest BCUT2D eigenvalue weighted by Gasteiger charge is -2.25. The molecule has 1 amide bonds. The smallest absolute Gasteiger partial charge is 0.229 e. The van der Waals surface area contributed by atoms with E-state index in [4.69, 9.17) is 5.73 Å². The highest BCUT2D eigenvalue weighted by atomic mass is 35.5. The quantitative estimate of drug-likeness (QED) is 0.855. The molecule has 0 saturated carbocycles. The van der Waals surface area contributed by atoms with E-state index in [1.807, 2.05) is 30.3 Å². The molecule has 1 fully saturated rings. The average molecular weight is 333 g/mol. The lowest BCUT2D eigenvalue weighted by Crippen LogP contribution is -2.46. The molecule has 0 bridgehead atoms. The topological polar surface area (TPSA) is 89.3 Å². The molecule has 1 aromatic carbocycles. The maximum atomic E-state index is 12.3. The summed E-state index contributed by atoms with van der Waals surface area (Å²) in [4.78, 5) is 12.3. The Morgan fingerprint density at radius 3 is 2.57 bits per heavy atom. The van der Waals surface area contributed by atoms with Gasteiger partial charge in [0.1, 0.15) is 0 Å². The molecular weight excluding hydrogens is 312 g/mol. The van der Waals surface area contributed by atoms with E-state index in [1.165, 1.54) is 0 Å². The lowest BCUT2D eigenvalue weighted by atomic mass is 9.98. The molecule has 1 aromatic rings. The Hall–Kier alpha value is -1.11. The Bertz CT molecular complexity index is 563. The second-order valence-electron chi connectivity index (χ2n) is 5.16. The fraction of sp³-hybridized carbons (Fsp3) is 0.500. The molecule has 2 unspecified atom stereocenters. The number of nitrogens with two attached hydrogens (primary N) is 1. The highest BCUT2D eigenvalue weighted by molar-refractivity contribution is 7.91. The van der Waals surface area contributed by atoms with Gasteiger partial charge in [0, 0.05) is 12.6 Å². The number of hydrogen-bond acceptors (Lipinski definition) is 4. The van der Waals surface area contributed by atoms with Crippen molar-refractivity contribution in [2.24, 2.45) is 5.73 Å². The molecule has 1 aliphatic heterocycles. The fourth-order valence-corrected chi connectivity index (χ4v) is 4.15. The van der Waals surface area contributed by atoms with Crippen LogP contribution in [0.4, 0.5) is 0 Å². The zero-order chi connectivity index (χ0) is 14.6. The van der Waals surface area contributed by atoms with Crippen LogP contribution in [-0.4, -0.2) is 38.4 Å². The van der Waals surface area contributed by atoms with Crippen molar-refractivity contribution in [3.05, 3.63) is 35.9 Å². The van der Waals surface area contributed by atoms with Gasteiger partial charge in [-0.15, -0.1) is 12.4 Å². The van der Waals surface area contributed by atoms with Crippen molar-refractivity contribution in [1.29, 1.82) is 0 Å². The summed E-state index contributed by atoms with van der Waals surface area (Å²) in [5.41, 5.74) is 6.54. The summed E-state index contributed by atoms with van der Waals surface area (Å²) in [6.45, 7) is 0.204. The van der Waals surface area contributed by atoms with Gasteiger partial charge in [-0.3, -0.25) is 4.79 Å². The predicted molar refractivity (Wildman–Crippen MR) is 85.3 cm³/mol. The molecule has 5 nitrogen and oxygen atoms in total. The van der Waals surface area contributed by atoms with E-state index < -0.39 is 15.8 Å². The molecule has 1 heterocycles. The van der Waals surface area contributed by atoms with Crippen LogP contribution in [0, 0.1) is 0 Å². The summed E-state index contributed by atoms with van der Waals surface area (Å²) in [5.74, 6) is -0.370. The molecule has 0 aliphatic carbocycles. The van der Waals surface area contributed by atoms with Gasteiger partial charge >= 0.3 is 0 Å². The summed E-state index contributed by atoms with van der Waals surface area (Å²) in [7, 11) is -3.02. The van der Waals surface area contributed by atoms with Crippen LogP contribution in [-0.2, 0) is 14.6 Å². The number of nitrogens with one attached hydrogen (secondary N) is 1. The number of carbonyl (C=O) groups excluding carboxylic acids is 1. The van der Waals surface area contributed by atoms with Crippen LogP contribution in [0.15, 0.2) is 30.3 Å². The van der Waals surface area contributed by atoms with Crippen molar-refractivity contribution in [3.8, 4) is 0 Å². The number of sulfone groups is 1. The zero-order valence-corrected chi connectivity index (χ0v) is 13.3. The normalized spacial score (nSPS) is 21.9. The Morgan fingerprint density at radius 1 is 1.33 bits per heavy atom. The van der Waals surface area contributed by atoms with E-state index in [1.54, 1.807) is 0 Å². The molecule has 1 saturated heterocycles. The minimum Gasteiger partial charge on any atom is -0.352 e. The zero-order valence-electron chi connectivity index (χ0n) is 11.7. The second-order valence-corrected chi connectivity index (χ2v) is 7.39. The van der Waals surface area contributed by atoms with Crippen molar-refractivity contribution < 1.29 is 13.2 Å². The number of hydrogen-bond donors (Lipinski definition) is 2. The van der Waals surface area contributed by atoms with Gasteiger partial charge in [-0.2, -0.15) is 0 Å². The van der Waals surface area contributed by atoms with Crippen molar-refractivity contribution in [2.75, 3.05) is 18.1 Å². The first-order valence-electron chi connectivity index (χ1n) is 6.77. The van der Waals surface area contributed by atoms with Gasteiger partial charge in [-0.25, -0.2) is 8.42 Å². The summed E-state index contributed by atoms with van der Waals surface area (Å²) >= 11 is 0. The van der Waals surface area contributed by atoms with Gasteiger partial charge in [0.25, 0.3) is 0 Å². The number of carbonyl (C=O) groups is 1. The van der Waals surface area contributed by atoms with Crippen molar-refractivity contribution in [2.45, 2.75) is 24.8 Å². The van der Waals surface area contributed by atoms with Crippen molar-refractivity contribution in [3.63, 3.8) is 0 Å². The first kappa shape index (κ1) is 17.9. The molecule has 1 aliphatic rings. The maximum Gasteiger partial charge on any atom is 0.229 e. The first-order chi connectivity index (χ1) is 9.52. The molecule has 2 atom stereocenters. The fourth-order valence-electron chi connectivity index (χ4n) is 2.52. The summed E-state index contributed by atoms with van der Waals surface area (Å²) in [6.07, 6.45) is 1.31. The van der Waals surface area contributed by atoms with Gasteiger partial charge in [-0.05, 0) is 18.4 Å². The Morgan fingerprint density at radius 2 is 2.00 bits per heavy atom. The highest BCUT2D eigenvalue weighted by Crippen LogP contribution is 2.17. The van der Waals surface area contributed by atoms with Crippen LogP contribution in [0.5, 0.6) is 0 Å². The van der Waals surface area contributed by atoms with Crippen LogP contribution >= 0.6 is 12.4 Å². The second kappa shape index (κ2) is 7.77. The summed E-state index contributed by atoms with van der Waals surface area (Å²) in [6, 6.07) is 9.01. The molecule has 0 aromatic heterocycles. The van der Waals surface area contributed by atoms with Gasteiger partial charge < -0.3 is 11.1 Å². The van der Waals surface area contributed by atoms with Crippen LogP contribution in [0.25, 0.3) is 0 Å². The molecule has 21 heavy (non-hydrogen) atoms. The third kappa shape index (κ3) is 4.98. The molecule has 0 radical (unpaired) electrons. The minimum atomic E-state index is -3.02. The van der Waals surface area contributed by atoms with E-state index in [0.717, 1.165) is 5.56 Å². The monoisotopic (exact) mass is 332 g/mol. The van der Waals surface area contributed by atoms with E-state index in [-0.39, 0.29) is 42.4 Å². The van der Waals surface area contributed by atoms with Crippen molar-refractivity contribution in [1.82, 2.24) is 5.32 Å². The number of rotatable bonds is 4. The summed E-state index contributed by atoms with van der Waals surface area (Å²) in [5, 5.41) is 2.83. The standard InChI is InChI=1S/C14H20N2O3S.ClH/c15-9-13(11-5-2-1-3-6-11)14(17)16-12-7-4-8-20(18,19)10-12;/h1-3,5-6,12-13H,4,7-10,15H2,(H,16,17);1H. The third-order valence-electron chi connectivity index (χ3n) is 3.56. The molecule has 118 valence electrons. The van der Waals surface area contributed by atoms with E-state index in [2.05, 4.69) is 5.32 Å². The molecule has 0 spiro atoms. The molecule has 7 heteroatoms. The predicted octanol–water partition coefficient (Wildman–Crippen LogP) is 0.844. The molecule has 3 N–H and O–H groups in total. The Balaban J connectivity index is 0.00000220. The van der Waals surface area contributed by atoms with Gasteiger partial charge in [-0.1, -0.05) is 30.3 Å². The van der Waals surface area contributed by atoms with Crippen LogP contribution in [0.1, 0.15) is 24.3 Å². The first-order valence-corrected chi connectivity index (χ1v) is 8.60. The molecular formula is C14H21ClN2O3S. The Labute approximate surface area is 131 Å². The Kier molecular flexibility index (Phi) is 6.64. The number of amides is 1. The number of halogens is 1. The van der Waals surface area contributed by atoms with Gasteiger partial charge in [0.2, 0.25) is 5.91 Å². The summed E-state index contributed by atoms with van der Waals surface area (Å²) < 4.78 is 23.2. The number of benzene rings is 1. The average Bonchev–Trinajstić information content (AvgIpc) is 2.39. The van der Waals surface area contributed by atoms with E-state index >= 15 is 0 Å². The van der Waals surface area contributed by atoms with Crippen LogP contribution in [0.2, 0.25) is 0 Å².